The summed E-state index contributed by atoms with van der Waals surface area (Å²) in [5, 5.41) is 12.3. The molecule has 1 aliphatic rings. The van der Waals surface area contributed by atoms with E-state index in [9.17, 15) is 14.7 Å². The quantitative estimate of drug-likeness (QED) is 0.859. The molecular weight excluding hydrogens is 268 g/mol. The average molecular weight is 284 g/mol. The van der Waals surface area contributed by atoms with Crippen molar-refractivity contribution in [2.45, 2.75) is 32.7 Å². The molecule has 0 bridgehead atoms. The lowest BCUT2D eigenvalue weighted by molar-refractivity contribution is -0.145. The Balaban J connectivity index is 2.09. The van der Waals surface area contributed by atoms with Crippen LogP contribution in [0.15, 0.2) is 0 Å². The molecule has 2 atom stereocenters. The number of amides is 2. The van der Waals surface area contributed by atoms with Gasteiger partial charge in [0.2, 0.25) is 5.13 Å². The second kappa shape index (κ2) is 5.52. The number of urea groups is 1. The highest BCUT2D eigenvalue weighted by Gasteiger charge is 2.37. The number of carboxylic acids is 1. The highest BCUT2D eigenvalue weighted by Crippen LogP contribution is 2.24. The molecule has 0 aliphatic carbocycles. The largest absolute Gasteiger partial charge is 0.480 e. The second-order valence-corrected chi connectivity index (χ2v) is 5.42. The first-order valence-electron chi connectivity index (χ1n) is 6.10. The fourth-order valence-corrected chi connectivity index (χ4v) is 2.87. The molecule has 1 aromatic heterocycles. The molecule has 1 fully saturated rings. The lowest BCUT2D eigenvalue weighted by Gasteiger charge is -2.36. The minimum atomic E-state index is -0.962. The van der Waals surface area contributed by atoms with Crippen LogP contribution in [0.2, 0.25) is 0 Å². The number of hydrogen-bond acceptors (Lipinski definition) is 5. The Labute approximate surface area is 114 Å². The number of likely N-dealkylation sites (tertiary alicyclic amines) is 1. The molecule has 104 valence electrons. The number of aryl methyl sites for hydroxylation is 1. The van der Waals surface area contributed by atoms with Gasteiger partial charge < -0.3 is 10.0 Å². The van der Waals surface area contributed by atoms with Crippen molar-refractivity contribution in [2.75, 3.05) is 11.9 Å². The van der Waals surface area contributed by atoms with E-state index in [2.05, 4.69) is 14.7 Å². The molecule has 0 aromatic carbocycles. The third-order valence-electron chi connectivity index (χ3n) is 3.19. The van der Waals surface area contributed by atoms with Crippen LogP contribution in [0.5, 0.6) is 0 Å². The summed E-state index contributed by atoms with van der Waals surface area (Å²) in [5.41, 5.74) is 0. The zero-order chi connectivity index (χ0) is 14.0. The van der Waals surface area contributed by atoms with E-state index < -0.39 is 18.0 Å². The molecule has 1 saturated heterocycles. The molecule has 0 spiro atoms. The van der Waals surface area contributed by atoms with Crippen molar-refractivity contribution in [3.63, 3.8) is 0 Å². The summed E-state index contributed by atoms with van der Waals surface area (Å²) in [7, 11) is 0. The molecule has 19 heavy (non-hydrogen) atoms. The van der Waals surface area contributed by atoms with Crippen LogP contribution in [0.1, 0.15) is 25.6 Å². The number of nitrogens with one attached hydrogen (secondary N) is 1. The summed E-state index contributed by atoms with van der Waals surface area (Å²) < 4.78 is 3.96. The molecule has 0 saturated carbocycles. The monoisotopic (exact) mass is 284 g/mol. The Kier molecular flexibility index (Phi) is 3.98. The topological polar surface area (TPSA) is 95.4 Å². The number of carbonyl (C=O) groups is 2. The summed E-state index contributed by atoms with van der Waals surface area (Å²) in [4.78, 5) is 28.8. The van der Waals surface area contributed by atoms with E-state index >= 15 is 0 Å². The third kappa shape index (κ3) is 3.01. The van der Waals surface area contributed by atoms with Crippen LogP contribution < -0.4 is 5.32 Å². The summed E-state index contributed by atoms with van der Waals surface area (Å²) in [6.07, 6.45) is 1.63. The van der Waals surface area contributed by atoms with Gasteiger partial charge in [0.05, 0.1) is 0 Å². The number of nitrogens with zero attached hydrogens (tertiary/aromatic N) is 3. The SMILES string of the molecule is Cc1nsc(NC(=O)N2CCCC(C)C2C(=O)O)n1. The van der Waals surface area contributed by atoms with E-state index in [1.54, 1.807) is 6.92 Å². The third-order valence-corrected chi connectivity index (χ3v) is 3.91. The molecule has 7 nitrogen and oxygen atoms in total. The number of carboxylic acid groups (broad SMARTS) is 1. The zero-order valence-corrected chi connectivity index (χ0v) is 11.6. The number of piperidine rings is 1. The highest BCUT2D eigenvalue weighted by molar-refractivity contribution is 7.09. The Hall–Kier alpha value is -1.70. The maximum absolute atomic E-state index is 12.1. The van der Waals surface area contributed by atoms with Crippen LogP contribution in [-0.2, 0) is 4.79 Å². The van der Waals surface area contributed by atoms with Gasteiger partial charge in [0.1, 0.15) is 11.9 Å². The van der Waals surface area contributed by atoms with Gasteiger partial charge in [-0.25, -0.2) is 14.6 Å². The van der Waals surface area contributed by atoms with Crippen molar-refractivity contribution in [2.24, 2.45) is 5.92 Å². The Morgan fingerprint density at radius 3 is 2.84 bits per heavy atom. The van der Waals surface area contributed by atoms with Crippen molar-refractivity contribution in [3.05, 3.63) is 5.82 Å². The van der Waals surface area contributed by atoms with Crippen molar-refractivity contribution in [1.29, 1.82) is 0 Å². The van der Waals surface area contributed by atoms with Crippen LogP contribution >= 0.6 is 11.5 Å². The lowest BCUT2D eigenvalue weighted by Crippen LogP contribution is -2.53. The predicted octanol–water partition coefficient (Wildman–Crippen LogP) is 1.56. The summed E-state index contributed by atoms with van der Waals surface area (Å²) in [6.45, 7) is 4.04. The highest BCUT2D eigenvalue weighted by atomic mass is 32.1. The minimum Gasteiger partial charge on any atom is -0.480 e. The number of aromatic nitrogens is 2. The van der Waals surface area contributed by atoms with E-state index in [1.165, 1.54) is 4.90 Å². The van der Waals surface area contributed by atoms with Gasteiger partial charge in [-0.3, -0.25) is 5.32 Å². The van der Waals surface area contributed by atoms with Crippen LogP contribution in [0.25, 0.3) is 0 Å². The first-order valence-corrected chi connectivity index (χ1v) is 6.87. The summed E-state index contributed by atoms with van der Waals surface area (Å²) >= 11 is 1.09. The molecule has 2 unspecified atom stereocenters. The van der Waals surface area contributed by atoms with Gasteiger partial charge in [0, 0.05) is 18.1 Å². The standard InChI is InChI=1S/C11H16N4O3S/c1-6-4-3-5-15(8(6)9(16)17)11(18)13-10-12-7(2)14-19-10/h6,8H,3-5H2,1-2H3,(H,16,17)(H,12,13,14,18). The van der Waals surface area contributed by atoms with Crippen molar-refractivity contribution >= 4 is 28.7 Å². The molecule has 0 radical (unpaired) electrons. The maximum atomic E-state index is 12.1. The lowest BCUT2D eigenvalue weighted by atomic mass is 9.91. The molecule has 2 heterocycles. The molecule has 1 aliphatic heterocycles. The smallest absolute Gasteiger partial charge is 0.326 e. The van der Waals surface area contributed by atoms with Gasteiger partial charge in [-0.1, -0.05) is 6.92 Å². The van der Waals surface area contributed by atoms with Gasteiger partial charge in [0.15, 0.2) is 0 Å². The molecule has 2 rings (SSSR count). The predicted molar refractivity (Wildman–Crippen MR) is 70.2 cm³/mol. The Bertz CT molecular complexity index is 490. The van der Waals surface area contributed by atoms with Crippen LogP contribution in [0.4, 0.5) is 9.93 Å². The first kappa shape index (κ1) is 13.7. The normalized spacial score (nSPS) is 23.2. The van der Waals surface area contributed by atoms with E-state index in [4.69, 9.17) is 0 Å². The molecular formula is C11H16N4O3S. The van der Waals surface area contributed by atoms with Crippen molar-refractivity contribution < 1.29 is 14.7 Å². The Morgan fingerprint density at radius 2 is 2.26 bits per heavy atom. The fourth-order valence-electron chi connectivity index (χ4n) is 2.30. The van der Waals surface area contributed by atoms with Crippen LogP contribution in [-0.4, -0.2) is 44.0 Å². The molecule has 2 amide bonds. The van der Waals surface area contributed by atoms with Gasteiger partial charge in [-0.05, 0) is 25.7 Å². The van der Waals surface area contributed by atoms with E-state index in [-0.39, 0.29) is 5.92 Å². The molecule has 1 aromatic rings. The van der Waals surface area contributed by atoms with E-state index in [1.807, 2.05) is 6.92 Å². The zero-order valence-electron chi connectivity index (χ0n) is 10.8. The average Bonchev–Trinajstić information content (AvgIpc) is 2.73. The maximum Gasteiger partial charge on any atom is 0.326 e. The Morgan fingerprint density at radius 1 is 1.53 bits per heavy atom. The van der Waals surface area contributed by atoms with Gasteiger partial charge in [-0.15, -0.1) is 0 Å². The molecule has 8 heteroatoms. The second-order valence-electron chi connectivity index (χ2n) is 4.67. The van der Waals surface area contributed by atoms with Crippen molar-refractivity contribution in [1.82, 2.24) is 14.3 Å². The molecule has 2 N–H and O–H groups in total. The number of carbonyl (C=O) groups excluding carboxylic acids is 1. The van der Waals surface area contributed by atoms with Gasteiger partial charge in [-0.2, -0.15) is 4.37 Å². The number of hydrogen-bond donors (Lipinski definition) is 2. The summed E-state index contributed by atoms with van der Waals surface area (Å²) in [6, 6.07) is -1.20. The van der Waals surface area contributed by atoms with Crippen molar-refractivity contribution in [3.8, 4) is 0 Å². The number of rotatable bonds is 2. The minimum absolute atomic E-state index is 0.0480. The van der Waals surface area contributed by atoms with Crippen LogP contribution in [0.3, 0.4) is 0 Å². The van der Waals surface area contributed by atoms with Gasteiger partial charge in [0.25, 0.3) is 0 Å². The van der Waals surface area contributed by atoms with E-state index in [0.717, 1.165) is 24.4 Å². The number of anilines is 1. The van der Waals surface area contributed by atoms with Gasteiger partial charge >= 0.3 is 12.0 Å². The van der Waals surface area contributed by atoms with E-state index in [0.29, 0.717) is 17.5 Å². The first-order chi connectivity index (χ1) is 8.99. The summed E-state index contributed by atoms with van der Waals surface area (Å²) in [5.74, 6) is -0.425. The fraction of sp³-hybridized carbons (Fsp3) is 0.636. The number of aliphatic carboxylic acids is 1. The van der Waals surface area contributed by atoms with Crippen LogP contribution in [0, 0.1) is 12.8 Å².